The summed E-state index contributed by atoms with van der Waals surface area (Å²) in [6, 6.07) is 11.1. The largest absolute Gasteiger partial charge is 0.488 e. The Morgan fingerprint density at radius 3 is 2.78 bits per heavy atom. The maximum atomic E-state index is 13.4. The van der Waals surface area contributed by atoms with Crippen molar-refractivity contribution in [2.24, 2.45) is 0 Å². The molecule has 0 fully saturated rings. The molecule has 0 aliphatic heterocycles. The van der Waals surface area contributed by atoms with E-state index in [2.05, 4.69) is 16.7 Å². The molecule has 2 aromatic heterocycles. The van der Waals surface area contributed by atoms with Crippen LogP contribution in [0.5, 0.6) is 5.75 Å². The van der Waals surface area contributed by atoms with Gasteiger partial charge in [-0.3, -0.25) is 9.67 Å². The molecule has 4 nitrogen and oxygen atoms in total. The summed E-state index contributed by atoms with van der Waals surface area (Å²) in [5.41, 5.74) is 0.904. The SMILES string of the molecule is C=Cc1c(C)cccc1OCc1cccnc1-c1ccnn1CC(F)(F)P. The van der Waals surface area contributed by atoms with Gasteiger partial charge in [-0.05, 0) is 30.7 Å². The molecule has 27 heavy (non-hydrogen) atoms. The summed E-state index contributed by atoms with van der Waals surface area (Å²) in [7, 11) is 1.53. The number of rotatable bonds is 7. The summed E-state index contributed by atoms with van der Waals surface area (Å²) < 4.78 is 34.1. The van der Waals surface area contributed by atoms with E-state index in [1.807, 2.05) is 31.2 Å². The average molecular weight is 387 g/mol. The van der Waals surface area contributed by atoms with Crippen molar-refractivity contribution in [1.82, 2.24) is 14.8 Å². The van der Waals surface area contributed by atoms with Crippen LogP contribution < -0.4 is 4.74 Å². The Kier molecular flexibility index (Phi) is 5.66. The van der Waals surface area contributed by atoms with Crippen molar-refractivity contribution >= 4 is 15.3 Å². The van der Waals surface area contributed by atoms with Crippen molar-refractivity contribution in [3.8, 4) is 17.1 Å². The third-order valence-corrected chi connectivity index (χ3v) is 4.27. The van der Waals surface area contributed by atoms with Gasteiger partial charge in [0.2, 0.25) is 0 Å². The smallest absolute Gasteiger partial charge is 0.278 e. The van der Waals surface area contributed by atoms with Crippen LogP contribution in [0, 0.1) is 6.92 Å². The fraction of sp³-hybridized carbons (Fsp3) is 0.200. The second-order valence-electron chi connectivity index (χ2n) is 6.13. The Hall–Kier alpha value is -2.59. The van der Waals surface area contributed by atoms with Gasteiger partial charge in [0.15, 0.2) is 0 Å². The second kappa shape index (κ2) is 7.97. The van der Waals surface area contributed by atoms with Gasteiger partial charge in [-0.1, -0.05) is 40.1 Å². The third kappa shape index (κ3) is 4.58. The minimum Gasteiger partial charge on any atom is -0.488 e. The number of aromatic nitrogens is 3. The quantitative estimate of drug-likeness (QED) is 0.539. The molecule has 2 heterocycles. The highest BCUT2D eigenvalue weighted by atomic mass is 31.0. The maximum Gasteiger partial charge on any atom is 0.278 e. The molecule has 0 spiro atoms. The molecule has 7 heteroatoms. The molecular formula is C20H20F2N3OP. The van der Waals surface area contributed by atoms with Gasteiger partial charge in [-0.15, -0.1) is 0 Å². The first-order chi connectivity index (χ1) is 12.9. The first-order valence-electron chi connectivity index (χ1n) is 8.36. The second-order valence-corrected chi connectivity index (χ2v) is 6.97. The Morgan fingerprint density at radius 2 is 2.04 bits per heavy atom. The highest BCUT2D eigenvalue weighted by Gasteiger charge is 2.25. The Morgan fingerprint density at radius 1 is 1.22 bits per heavy atom. The fourth-order valence-electron chi connectivity index (χ4n) is 2.84. The van der Waals surface area contributed by atoms with E-state index in [9.17, 15) is 8.78 Å². The number of halogens is 2. The van der Waals surface area contributed by atoms with E-state index in [1.54, 1.807) is 24.4 Å². The number of nitrogens with zero attached hydrogens (tertiary/aromatic N) is 3. The Bertz CT molecular complexity index is 950. The number of pyridine rings is 1. The van der Waals surface area contributed by atoms with Gasteiger partial charge in [-0.25, -0.2) is 8.78 Å². The zero-order chi connectivity index (χ0) is 19.4. The van der Waals surface area contributed by atoms with Crippen molar-refractivity contribution in [3.63, 3.8) is 0 Å². The van der Waals surface area contributed by atoms with E-state index in [0.717, 1.165) is 16.7 Å². The molecule has 0 N–H and O–H groups in total. The topological polar surface area (TPSA) is 39.9 Å². The molecule has 1 aromatic carbocycles. The zero-order valence-electron chi connectivity index (χ0n) is 14.9. The van der Waals surface area contributed by atoms with Crippen molar-refractivity contribution in [2.75, 3.05) is 0 Å². The molecule has 1 atom stereocenters. The molecule has 0 radical (unpaired) electrons. The highest BCUT2D eigenvalue weighted by molar-refractivity contribution is 7.18. The highest BCUT2D eigenvalue weighted by Crippen LogP contribution is 2.29. The molecule has 140 valence electrons. The zero-order valence-corrected chi connectivity index (χ0v) is 16.1. The number of benzene rings is 1. The van der Waals surface area contributed by atoms with Crippen molar-refractivity contribution in [3.05, 3.63) is 72.1 Å². The normalized spacial score (nSPS) is 11.4. The first-order valence-corrected chi connectivity index (χ1v) is 8.94. The maximum absolute atomic E-state index is 13.4. The first kappa shape index (κ1) is 19.2. The molecule has 0 saturated carbocycles. The van der Waals surface area contributed by atoms with Crippen molar-refractivity contribution < 1.29 is 13.5 Å². The molecular weight excluding hydrogens is 367 g/mol. The van der Waals surface area contributed by atoms with Gasteiger partial charge < -0.3 is 4.74 Å². The molecule has 0 aliphatic rings. The van der Waals surface area contributed by atoms with E-state index in [-0.39, 0.29) is 6.61 Å². The van der Waals surface area contributed by atoms with Crippen molar-refractivity contribution in [2.45, 2.75) is 25.7 Å². The lowest BCUT2D eigenvalue weighted by molar-refractivity contribution is 0.0802. The van der Waals surface area contributed by atoms with E-state index >= 15 is 0 Å². The monoisotopic (exact) mass is 387 g/mol. The predicted molar refractivity (Wildman–Crippen MR) is 106 cm³/mol. The molecule has 0 aliphatic carbocycles. The van der Waals surface area contributed by atoms with Crippen LogP contribution in [-0.4, -0.2) is 20.4 Å². The molecule has 1 unspecified atom stereocenters. The van der Waals surface area contributed by atoms with Gasteiger partial charge in [0.1, 0.15) is 18.9 Å². The van der Waals surface area contributed by atoms with Crippen LogP contribution in [-0.2, 0) is 13.2 Å². The number of ether oxygens (including phenoxy) is 1. The van der Waals surface area contributed by atoms with Crippen LogP contribution in [0.4, 0.5) is 8.78 Å². The van der Waals surface area contributed by atoms with Gasteiger partial charge in [0, 0.05) is 23.5 Å². The standard InChI is InChI=1S/C20H20F2N3OP/c1-3-16-14(2)6-4-8-18(16)26-12-15-7-5-10-23-19(15)17-9-11-24-25(17)13-20(21,22)27/h3-11H,1,12-13,27H2,2H3. The summed E-state index contributed by atoms with van der Waals surface area (Å²) >= 11 is 0. The van der Waals surface area contributed by atoms with Crippen LogP contribution in [0.25, 0.3) is 17.5 Å². The van der Waals surface area contributed by atoms with E-state index in [0.29, 0.717) is 17.1 Å². The number of hydrogen-bond donors (Lipinski definition) is 0. The lowest BCUT2D eigenvalue weighted by Crippen LogP contribution is -2.18. The van der Waals surface area contributed by atoms with E-state index < -0.39 is 12.2 Å². The Labute approximate surface area is 159 Å². The van der Waals surface area contributed by atoms with Crippen LogP contribution in [0.2, 0.25) is 0 Å². The van der Waals surface area contributed by atoms with Crippen LogP contribution in [0.15, 0.2) is 55.4 Å². The lowest BCUT2D eigenvalue weighted by atomic mass is 10.1. The van der Waals surface area contributed by atoms with E-state index in [4.69, 9.17) is 4.74 Å². The van der Waals surface area contributed by atoms with E-state index in [1.165, 1.54) is 20.1 Å². The van der Waals surface area contributed by atoms with Gasteiger partial charge in [0.05, 0.1) is 11.4 Å². The molecule has 0 bridgehead atoms. The molecule has 0 amide bonds. The lowest BCUT2D eigenvalue weighted by Gasteiger charge is -2.15. The Balaban J connectivity index is 1.89. The third-order valence-electron chi connectivity index (χ3n) is 4.08. The summed E-state index contributed by atoms with van der Waals surface area (Å²) in [6.45, 7) is 5.52. The van der Waals surface area contributed by atoms with Gasteiger partial charge >= 0.3 is 0 Å². The number of alkyl halides is 2. The van der Waals surface area contributed by atoms with Gasteiger partial charge in [-0.2, -0.15) is 5.10 Å². The van der Waals surface area contributed by atoms with Gasteiger partial charge in [0.25, 0.3) is 5.66 Å². The van der Waals surface area contributed by atoms with Crippen LogP contribution in [0.1, 0.15) is 16.7 Å². The molecule has 3 rings (SSSR count). The van der Waals surface area contributed by atoms with Crippen LogP contribution >= 0.6 is 9.24 Å². The summed E-state index contributed by atoms with van der Waals surface area (Å²) in [5, 5.41) is 4.01. The summed E-state index contributed by atoms with van der Waals surface area (Å²) in [5.74, 6) is 0.713. The minimum atomic E-state index is -2.95. The van der Waals surface area contributed by atoms with Crippen LogP contribution in [0.3, 0.4) is 0 Å². The number of hydrogen-bond acceptors (Lipinski definition) is 3. The summed E-state index contributed by atoms with van der Waals surface area (Å²) in [4.78, 5) is 4.37. The molecule has 3 aromatic rings. The molecule has 0 saturated heterocycles. The van der Waals surface area contributed by atoms with Crippen molar-refractivity contribution in [1.29, 1.82) is 0 Å². The summed E-state index contributed by atoms with van der Waals surface area (Å²) in [6.07, 6.45) is 4.86. The minimum absolute atomic E-state index is 0.246. The fourth-order valence-corrected chi connectivity index (χ4v) is 3.01. The number of aryl methyl sites for hydroxylation is 1. The average Bonchev–Trinajstić information content (AvgIpc) is 3.06. The predicted octanol–water partition coefficient (Wildman–Crippen LogP) is 4.94.